The number of hydrogen-bond acceptors (Lipinski definition) is 6. The Labute approximate surface area is 155 Å². The number of carbonyl (C=O) groups is 1. The van der Waals surface area contributed by atoms with Gasteiger partial charge < -0.3 is 10.1 Å². The molecule has 0 spiro atoms. The molecule has 1 amide bonds. The Morgan fingerprint density at radius 1 is 1.48 bits per heavy atom. The zero-order valence-electron chi connectivity index (χ0n) is 13.5. The van der Waals surface area contributed by atoms with Gasteiger partial charge in [-0.2, -0.15) is 5.26 Å². The Balaban J connectivity index is 2.04. The Hall–Kier alpha value is -2.43. The van der Waals surface area contributed by atoms with Crippen LogP contribution >= 0.6 is 24.0 Å². The molecule has 0 atom stereocenters. The number of nitriles is 1. The number of benzene rings is 1. The van der Waals surface area contributed by atoms with Crippen LogP contribution in [-0.4, -0.2) is 21.8 Å². The fourth-order valence-corrected chi connectivity index (χ4v) is 3.45. The number of pyridine rings is 1. The van der Waals surface area contributed by atoms with E-state index in [4.69, 9.17) is 17.0 Å². The molecular formula is C18H15N3O2S2. The summed E-state index contributed by atoms with van der Waals surface area (Å²) in [7, 11) is 0. The summed E-state index contributed by atoms with van der Waals surface area (Å²) in [5, 5.41) is 12.7. The minimum absolute atomic E-state index is 0.196. The summed E-state index contributed by atoms with van der Waals surface area (Å²) in [6.45, 7) is 2.63. The van der Waals surface area contributed by atoms with E-state index in [0.29, 0.717) is 27.1 Å². The zero-order valence-corrected chi connectivity index (χ0v) is 15.2. The van der Waals surface area contributed by atoms with Crippen molar-refractivity contribution in [3.8, 4) is 11.8 Å². The number of ether oxygens (including phenoxy) is 1. The third kappa shape index (κ3) is 3.81. The molecule has 1 aromatic carbocycles. The molecule has 126 valence electrons. The summed E-state index contributed by atoms with van der Waals surface area (Å²) in [6.07, 6.45) is 5.22. The lowest BCUT2D eigenvalue weighted by molar-refractivity contribution is -0.115. The third-order valence-corrected chi connectivity index (χ3v) is 4.81. The number of thioether (sulfide) groups is 1. The van der Waals surface area contributed by atoms with Crippen LogP contribution in [0, 0.1) is 11.3 Å². The molecular weight excluding hydrogens is 354 g/mol. The molecule has 3 rings (SSSR count). The fourth-order valence-electron chi connectivity index (χ4n) is 2.40. The number of unbranched alkanes of at least 4 members (excludes halogenated alkanes) is 1. The van der Waals surface area contributed by atoms with E-state index in [1.807, 2.05) is 18.2 Å². The molecule has 1 fully saturated rings. The van der Waals surface area contributed by atoms with Crippen molar-refractivity contribution in [1.29, 1.82) is 5.26 Å². The van der Waals surface area contributed by atoms with E-state index in [9.17, 15) is 10.1 Å². The summed E-state index contributed by atoms with van der Waals surface area (Å²) in [6, 6.07) is 7.74. The van der Waals surface area contributed by atoms with Crippen LogP contribution in [0.5, 0.6) is 5.75 Å². The predicted molar refractivity (Wildman–Crippen MR) is 103 cm³/mol. The normalized spacial score (nSPS) is 15.4. The van der Waals surface area contributed by atoms with Crippen LogP contribution in [0.2, 0.25) is 0 Å². The first-order valence-electron chi connectivity index (χ1n) is 7.83. The van der Waals surface area contributed by atoms with Gasteiger partial charge in [0.25, 0.3) is 5.91 Å². The number of nitrogens with zero attached hydrogens (tertiary/aromatic N) is 2. The van der Waals surface area contributed by atoms with Crippen LogP contribution in [0.1, 0.15) is 30.9 Å². The van der Waals surface area contributed by atoms with Crippen molar-refractivity contribution >= 4 is 51.2 Å². The molecule has 2 aromatic rings. The SMILES string of the molecule is CCCCOc1c(C#N)cnc2ccc(C=C3SC(=S)NC3=O)cc12. The molecule has 1 aliphatic rings. The summed E-state index contributed by atoms with van der Waals surface area (Å²) in [5.41, 5.74) is 1.97. The maximum Gasteiger partial charge on any atom is 0.263 e. The summed E-state index contributed by atoms with van der Waals surface area (Å²) < 4.78 is 6.31. The highest BCUT2D eigenvalue weighted by molar-refractivity contribution is 8.26. The largest absolute Gasteiger partial charge is 0.491 e. The highest BCUT2D eigenvalue weighted by atomic mass is 32.2. The number of aromatic nitrogens is 1. The van der Waals surface area contributed by atoms with Gasteiger partial charge in [0, 0.05) is 11.6 Å². The van der Waals surface area contributed by atoms with Crippen LogP contribution in [0.25, 0.3) is 17.0 Å². The van der Waals surface area contributed by atoms with Gasteiger partial charge in [-0.1, -0.05) is 43.4 Å². The molecule has 1 saturated heterocycles. The van der Waals surface area contributed by atoms with Gasteiger partial charge in [0.15, 0.2) is 0 Å². The molecule has 0 unspecified atom stereocenters. The average Bonchev–Trinajstić information content (AvgIpc) is 2.92. The molecule has 0 aliphatic carbocycles. The van der Waals surface area contributed by atoms with E-state index in [2.05, 4.69) is 23.3 Å². The number of nitrogens with one attached hydrogen (secondary N) is 1. The standard InChI is InChI=1S/C18H15N3O2S2/c1-2-3-6-23-16-12(9-19)10-20-14-5-4-11(7-13(14)16)8-15-17(22)21-18(24)25-15/h4-5,7-8,10H,2-3,6H2,1H3,(H,21,22,24). The molecule has 25 heavy (non-hydrogen) atoms. The molecule has 1 aromatic heterocycles. The molecule has 7 heteroatoms. The lowest BCUT2D eigenvalue weighted by atomic mass is 10.1. The van der Waals surface area contributed by atoms with Crippen molar-refractivity contribution < 1.29 is 9.53 Å². The molecule has 2 heterocycles. The molecule has 1 aliphatic heterocycles. The number of amides is 1. The van der Waals surface area contributed by atoms with E-state index >= 15 is 0 Å². The van der Waals surface area contributed by atoms with Crippen molar-refractivity contribution in [1.82, 2.24) is 10.3 Å². The number of rotatable bonds is 5. The van der Waals surface area contributed by atoms with Crippen molar-refractivity contribution in [3.05, 3.63) is 40.4 Å². The number of hydrogen-bond donors (Lipinski definition) is 1. The summed E-state index contributed by atoms with van der Waals surface area (Å²) in [5.74, 6) is 0.346. The number of thiocarbonyl (C=S) groups is 1. The van der Waals surface area contributed by atoms with Crippen molar-refractivity contribution in [2.45, 2.75) is 19.8 Å². The minimum Gasteiger partial charge on any atom is -0.491 e. The van der Waals surface area contributed by atoms with E-state index in [-0.39, 0.29) is 5.91 Å². The Kier molecular flexibility index (Phi) is 5.31. The first kappa shape index (κ1) is 17.4. The smallest absolute Gasteiger partial charge is 0.263 e. The monoisotopic (exact) mass is 369 g/mol. The Morgan fingerprint density at radius 3 is 3.00 bits per heavy atom. The van der Waals surface area contributed by atoms with E-state index < -0.39 is 0 Å². The van der Waals surface area contributed by atoms with Crippen LogP contribution in [0.3, 0.4) is 0 Å². The van der Waals surface area contributed by atoms with Crippen LogP contribution in [-0.2, 0) is 4.79 Å². The molecule has 5 nitrogen and oxygen atoms in total. The van der Waals surface area contributed by atoms with Crippen LogP contribution in [0.4, 0.5) is 0 Å². The topological polar surface area (TPSA) is 75.0 Å². The molecule has 1 N–H and O–H groups in total. The lowest BCUT2D eigenvalue weighted by Gasteiger charge is -2.11. The van der Waals surface area contributed by atoms with Gasteiger partial charge in [-0.3, -0.25) is 9.78 Å². The van der Waals surface area contributed by atoms with E-state index in [0.717, 1.165) is 29.3 Å². The lowest BCUT2D eigenvalue weighted by Crippen LogP contribution is -2.17. The summed E-state index contributed by atoms with van der Waals surface area (Å²) >= 11 is 6.24. The average molecular weight is 369 g/mol. The van der Waals surface area contributed by atoms with Gasteiger partial charge in [-0.15, -0.1) is 0 Å². The van der Waals surface area contributed by atoms with Crippen molar-refractivity contribution in [3.63, 3.8) is 0 Å². The molecule has 0 bridgehead atoms. The summed E-state index contributed by atoms with van der Waals surface area (Å²) in [4.78, 5) is 16.7. The van der Waals surface area contributed by atoms with Gasteiger partial charge in [-0.25, -0.2) is 0 Å². The predicted octanol–water partition coefficient (Wildman–Crippen LogP) is 3.77. The second-order valence-corrected chi connectivity index (χ2v) is 7.16. The van der Waals surface area contributed by atoms with Crippen molar-refractivity contribution in [2.75, 3.05) is 6.61 Å². The first-order valence-corrected chi connectivity index (χ1v) is 9.05. The second kappa shape index (κ2) is 7.64. The first-order chi connectivity index (χ1) is 12.1. The van der Waals surface area contributed by atoms with E-state index in [1.165, 1.54) is 18.0 Å². The minimum atomic E-state index is -0.196. The third-order valence-electron chi connectivity index (χ3n) is 3.65. The van der Waals surface area contributed by atoms with Crippen LogP contribution < -0.4 is 10.1 Å². The molecule has 0 saturated carbocycles. The highest BCUT2D eigenvalue weighted by Gasteiger charge is 2.22. The number of fused-ring (bicyclic) bond motifs is 1. The van der Waals surface area contributed by atoms with Gasteiger partial charge in [-0.05, 0) is 30.2 Å². The van der Waals surface area contributed by atoms with Gasteiger partial charge in [0.1, 0.15) is 21.7 Å². The fraction of sp³-hybridized carbons (Fsp3) is 0.222. The maximum absolute atomic E-state index is 11.8. The van der Waals surface area contributed by atoms with Crippen LogP contribution in [0.15, 0.2) is 29.3 Å². The van der Waals surface area contributed by atoms with Gasteiger partial charge >= 0.3 is 0 Å². The second-order valence-electron chi connectivity index (χ2n) is 5.44. The molecule has 0 radical (unpaired) electrons. The van der Waals surface area contributed by atoms with Gasteiger partial charge in [0.2, 0.25) is 0 Å². The van der Waals surface area contributed by atoms with Crippen molar-refractivity contribution in [2.24, 2.45) is 0 Å². The zero-order chi connectivity index (χ0) is 17.8. The van der Waals surface area contributed by atoms with Gasteiger partial charge in [0.05, 0.1) is 17.0 Å². The highest BCUT2D eigenvalue weighted by Crippen LogP contribution is 2.31. The maximum atomic E-state index is 11.8. The quantitative estimate of drug-likeness (QED) is 0.491. The Bertz CT molecular complexity index is 932. The Morgan fingerprint density at radius 2 is 2.32 bits per heavy atom. The number of carbonyl (C=O) groups excluding carboxylic acids is 1. The van der Waals surface area contributed by atoms with E-state index in [1.54, 1.807) is 6.08 Å².